The molecule has 0 aliphatic heterocycles. The maximum atomic E-state index is 13.9. The number of benzene rings is 1. The van der Waals surface area contributed by atoms with Crippen molar-refractivity contribution in [2.24, 2.45) is 17.1 Å². The van der Waals surface area contributed by atoms with Crippen molar-refractivity contribution in [1.29, 1.82) is 0 Å². The van der Waals surface area contributed by atoms with Crippen molar-refractivity contribution in [1.82, 2.24) is 0 Å². The molecule has 3 heteroatoms. The Labute approximate surface area is 102 Å². The van der Waals surface area contributed by atoms with Gasteiger partial charge in [-0.25, -0.2) is 4.39 Å². The highest BCUT2D eigenvalue weighted by Crippen LogP contribution is 2.53. The lowest BCUT2D eigenvalue weighted by molar-refractivity contribution is 0.382. The molecule has 0 saturated heterocycles. The zero-order chi connectivity index (χ0) is 12.6. The zero-order valence-electron chi connectivity index (χ0n) is 10.7. The first-order valence-electron chi connectivity index (χ1n) is 6.02. The summed E-state index contributed by atoms with van der Waals surface area (Å²) in [6, 6.07) is 5.26. The average Bonchev–Trinajstić information content (AvgIpc) is 2.91. The Hall–Kier alpha value is -1.09. The first-order chi connectivity index (χ1) is 7.95. The van der Waals surface area contributed by atoms with E-state index in [2.05, 4.69) is 13.8 Å². The van der Waals surface area contributed by atoms with Gasteiger partial charge in [-0.15, -0.1) is 0 Å². The van der Waals surface area contributed by atoms with Gasteiger partial charge in [0.2, 0.25) is 0 Å². The second kappa shape index (κ2) is 4.30. The van der Waals surface area contributed by atoms with E-state index in [1.165, 1.54) is 7.11 Å². The summed E-state index contributed by atoms with van der Waals surface area (Å²) < 4.78 is 18.9. The van der Waals surface area contributed by atoms with Crippen molar-refractivity contribution < 1.29 is 9.13 Å². The minimum Gasteiger partial charge on any atom is -0.494 e. The van der Waals surface area contributed by atoms with Gasteiger partial charge in [-0.1, -0.05) is 26.0 Å². The molecule has 2 unspecified atom stereocenters. The fraction of sp³-hybridized carbons (Fsp3) is 0.571. The van der Waals surface area contributed by atoms with Crippen LogP contribution in [0.4, 0.5) is 4.39 Å². The van der Waals surface area contributed by atoms with Gasteiger partial charge in [-0.2, -0.15) is 0 Å². The molecule has 1 aliphatic carbocycles. The molecule has 0 amide bonds. The van der Waals surface area contributed by atoms with Crippen molar-refractivity contribution in [3.05, 3.63) is 29.6 Å². The van der Waals surface area contributed by atoms with Gasteiger partial charge >= 0.3 is 0 Å². The molecule has 1 aromatic carbocycles. The monoisotopic (exact) mass is 237 g/mol. The minimum absolute atomic E-state index is 0.0339. The van der Waals surface area contributed by atoms with Crippen LogP contribution in [-0.4, -0.2) is 13.2 Å². The normalized spacial score (nSPS) is 23.2. The third-order valence-electron chi connectivity index (χ3n) is 3.83. The predicted molar refractivity (Wildman–Crippen MR) is 66.5 cm³/mol. The number of hydrogen-bond acceptors (Lipinski definition) is 2. The zero-order valence-corrected chi connectivity index (χ0v) is 10.7. The molecule has 17 heavy (non-hydrogen) atoms. The molecular weight excluding hydrogens is 217 g/mol. The predicted octanol–water partition coefficient (Wildman–Crippen LogP) is 2.75. The van der Waals surface area contributed by atoms with Crippen molar-refractivity contribution >= 4 is 0 Å². The van der Waals surface area contributed by atoms with Gasteiger partial charge in [0, 0.05) is 6.04 Å². The summed E-state index contributed by atoms with van der Waals surface area (Å²) in [7, 11) is 1.48. The second-order valence-electron chi connectivity index (χ2n) is 5.60. The summed E-state index contributed by atoms with van der Waals surface area (Å²) in [5, 5.41) is 0. The van der Waals surface area contributed by atoms with Crippen molar-refractivity contribution in [3.8, 4) is 5.75 Å². The maximum absolute atomic E-state index is 13.9. The molecule has 0 aromatic heterocycles. The van der Waals surface area contributed by atoms with E-state index in [-0.39, 0.29) is 11.9 Å². The minimum atomic E-state index is -0.274. The highest BCUT2D eigenvalue weighted by atomic mass is 19.1. The molecule has 1 aromatic rings. The first kappa shape index (κ1) is 12.4. The highest BCUT2D eigenvalue weighted by molar-refractivity contribution is 5.31. The molecule has 0 bridgehead atoms. The molecule has 94 valence electrons. The van der Waals surface area contributed by atoms with Crippen LogP contribution in [0.1, 0.15) is 25.8 Å². The van der Waals surface area contributed by atoms with E-state index in [1.54, 1.807) is 12.1 Å². The highest BCUT2D eigenvalue weighted by Gasteiger charge is 2.48. The lowest BCUT2D eigenvalue weighted by atomic mass is 9.97. The Bertz CT molecular complexity index is 417. The van der Waals surface area contributed by atoms with Crippen molar-refractivity contribution in [2.75, 3.05) is 7.11 Å². The van der Waals surface area contributed by atoms with Crippen LogP contribution in [0, 0.1) is 17.2 Å². The third-order valence-corrected chi connectivity index (χ3v) is 3.83. The van der Waals surface area contributed by atoms with E-state index < -0.39 is 0 Å². The van der Waals surface area contributed by atoms with E-state index in [0.717, 1.165) is 6.42 Å². The number of nitrogens with two attached hydrogens (primary N) is 1. The molecule has 1 saturated carbocycles. The summed E-state index contributed by atoms with van der Waals surface area (Å²) in [5.74, 6) is 0.529. The van der Waals surface area contributed by atoms with Gasteiger partial charge in [-0.3, -0.25) is 0 Å². The van der Waals surface area contributed by atoms with Crippen LogP contribution in [0.3, 0.4) is 0 Å². The van der Waals surface area contributed by atoms with E-state index in [1.807, 2.05) is 6.07 Å². The van der Waals surface area contributed by atoms with Crippen LogP contribution in [0.5, 0.6) is 5.75 Å². The van der Waals surface area contributed by atoms with E-state index in [0.29, 0.717) is 29.1 Å². The van der Waals surface area contributed by atoms with Crippen molar-refractivity contribution in [2.45, 2.75) is 32.7 Å². The summed E-state index contributed by atoms with van der Waals surface area (Å²) >= 11 is 0. The average molecular weight is 237 g/mol. The van der Waals surface area contributed by atoms with Crippen LogP contribution in [0.15, 0.2) is 18.2 Å². The van der Waals surface area contributed by atoms with Gasteiger partial charge < -0.3 is 10.5 Å². The SMILES string of the molecule is COc1cccc(CC(N)C2CC2(C)C)c1F. The Morgan fingerprint density at radius 3 is 2.71 bits per heavy atom. The van der Waals surface area contributed by atoms with Crippen LogP contribution in [0.2, 0.25) is 0 Å². The number of ether oxygens (including phenoxy) is 1. The number of hydrogen-bond donors (Lipinski definition) is 1. The molecule has 0 spiro atoms. The molecule has 1 fully saturated rings. The third kappa shape index (κ3) is 2.44. The Morgan fingerprint density at radius 2 is 2.18 bits per heavy atom. The fourth-order valence-corrected chi connectivity index (χ4v) is 2.51. The lowest BCUT2D eigenvalue weighted by Crippen LogP contribution is -2.27. The van der Waals surface area contributed by atoms with Crippen LogP contribution < -0.4 is 10.5 Å². The van der Waals surface area contributed by atoms with Crippen molar-refractivity contribution in [3.63, 3.8) is 0 Å². The van der Waals surface area contributed by atoms with E-state index in [4.69, 9.17) is 10.5 Å². The quantitative estimate of drug-likeness (QED) is 0.874. The molecule has 2 rings (SSSR count). The number of methoxy groups -OCH3 is 1. The Kier molecular flexibility index (Phi) is 3.13. The summed E-state index contributed by atoms with van der Waals surface area (Å²) in [5.41, 5.74) is 7.12. The topological polar surface area (TPSA) is 35.2 Å². The molecule has 2 N–H and O–H groups in total. The van der Waals surface area contributed by atoms with Gasteiger partial charge in [0.25, 0.3) is 0 Å². The number of rotatable bonds is 4. The van der Waals surface area contributed by atoms with E-state index >= 15 is 0 Å². The van der Waals surface area contributed by atoms with Gasteiger partial charge in [-0.05, 0) is 35.8 Å². The lowest BCUT2D eigenvalue weighted by Gasteiger charge is -2.15. The smallest absolute Gasteiger partial charge is 0.168 e. The standard InChI is InChI=1S/C14H20FNO/c1-14(2)8-10(14)11(16)7-9-5-4-6-12(17-3)13(9)15/h4-6,10-11H,7-8,16H2,1-3H3. The molecule has 2 atom stereocenters. The molecular formula is C14H20FNO. The summed E-state index contributed by atoms with van der Waals surface area (Å²) in [6.45, 7) is 4.42. The maximum Gasteiger partial charge on any atom is 0.168 e. The van der Waals surface area contributed by atoms with Gasteiger partial charge in [0.1, 0.15) is 0 Å². The Morgan fingerprint density at radius 1 is 1.53 bits per heavy atom. The summed E-state index contributed by atoms with van der Waals surface area (Å²) in [6.07, 6.45) is 1.72. The van der Waals surface area contributed by atoms with Crippen LogP contribution >= 0.6 is 0 Å². The second-order valence-corrected chi connectivity index (χ2v) is 5.60. The van der Waals surface area contributed by atoms with E-state index in [9.17, 15) is 4.39 Å². The van der Waals surface area contributed by atoms with Gasteiger partial charge in [0.05, 0.1) is 7.11 Å². The summed E-state index contributed by atoms with van der Waals surface area (Å²) in [4.78, 5) is 0. The molecule has 2 nitrogen and oxygen atoms in total. The van der Waals surface area contributed by atoms with Crippen LogP contribution in [0.25, 0.3) is 0 Å². The fourth-order valence-electron chi connectivity index (χ4n) is 2.51. The number of halogens is 1. The molecule has 1 aliphatic rings. The molecule has 0 heterocycles. The van der Waals surface area contributed by atoms with Gasteiger partial charge in [0.15, 0.2) is 11.6 Å². The first-order valence-corrected chi connectivity index (χ1v) is 6.02. The van der Waals surface area contributed by atoms with Crippen LogP contribution in [-0.2, 0) is 6.42 Å². The molecule has 0 radical (unpaired) electrons. The Balaban J connectivity index is 2.09. The largest absolute Gasteiger partial charge is 0.494 e.